The fourth-order valence-electron chi connectivity index (χ4n) is 7.69. The normalized spacial score (nSPS) is 12.7. The largest absolute Gasteiger partial charge is 0.506 e. The molecule has 0 radical (unpaired) electrons. The molecule has 3 aliphatic heterocycles. The maximum Gasteiger partial charge on any atom is 0.335 e. The molecule has 380 valence electrons. The number of aromatic hydroxyl groups is 1. The number of nitrogens with zero attached hydrogens (tertiary/aromatic N) is 2. The number of fused-ring (bicyclic) bond motifs is 5. The van der Waals surface area contributed by atoms with Crippen LogP contribution in [0.4, 0.5) is 22.7 Å². The van der Waals surface area contributed by atoms with Gasteiger partial charge in [-0.15, -0.1) is 0 Å². The predicted molar refractivity (Wildman–Crippen MR) is 305 cm³/mol. The standard InChI is InChI=1S/C24H18N2O3.C15H10N2O2.C9H7NO3.C6H7NO.2CH4.I3/c1-2-28-21-9-5-3-7-15(21)13-18-17-12-11-16(14-20(17)25-23(18)27)24-26-19-8-4-6-10-22(19)29-24;18-14-8-9-5-6-10(7-12(9)16-14)15-17-11-3-1-2-4-13(11)19-15;11-8-4-5-1-2-6(9(12)13)3-7(5)10-8;7-5-3-1-2-4-6(5)8;;;1-3-2/h3-14H,2H2,1H3,(H,25,27);1-7H,8H2,(H,16,18);1-3H,4H2,(H,10,11)(H,12,13);1-4,8H,7H2;2*1H4;/q;;;;;;-1/b18-13+;;;;;;. The number of nitrogens with one attached hydrogen (secondary N) is 3. The summed E-state index contributed by atoms with van der Waals surface area (Å²) in [7, 11) is 0. The number of amides is 3. The maximum atomic E-state index is 12.6. The van der Waals surface area contributed by atoms with Crippen molar-refractivity contribution >= 4 is 118 Å². The van der Waals surface area contributed by atoms with E-state index in [9.17, 15) is 19.2 Å². The Hall–Kier alpha value is -7.31. The van der Waals surface area contributed by atoms with Crippen molar-refractivity contribution in [1.82, 2.24) is 9.97 Å². The molecule has 0 saturated carbocycles. The third kappa shape index (κ3) is 13.6. The Kier molecular flexibility index (Phi) is 19.7. The number of carboxylic acid groups (broad SMARTS) is 1. The van der Waals surface area contributed by atoms with E-state index in [4.69, 9.17) is 29.5 Å². The van der Waals surface area contributed by atoms with Crippen LogP contribution in [0, 0.1) is 0 Å². The maximum absolute atomic E-state index is 12.6. The van der Waals surface area contributed by atoms with Gasteiger partial charge >= 0.3 is 56.5 Å². The van der Waals surface area contributed by atoms with Gasteiger partial charge in [0.15, 0.2) is 11.2 Å². The van der Waals surface area contributed by atoms with E-state index >= 15 is 0 Å². The molecule has 12 rings (SSSR count). The minimum atomic E-state index is -0.982. The van der Waals surface area contributed by atoms with Gasteiger partial charge in [-0.2, -0.15) is 0 Å². The molecule has 15 nitrogen and oxygen atoms in total. The van der Waals surface area contributed by atoms with Crippen LogP contribution in [0.3, 0.4) is 0 Å². The molecule has 3 aliphatic rings. The van der Waals surface area contributed by atoms with E-state index in [1.165, 1.54) is 12.1 Å². The van der Waals surface area contributed by atoms with Gasteiger partial charge in [0.05, 0.1) is 30.7 Å². The summed E-state index contributed by atoms with van der Waals surface area (Å²) >= 11 is 5.30. The molecular formula is C56H50I3N6O9-. The average Bonchev–Trinajstić information content (AvgIpc) is 4.22. The Labute approximate surface area is 456 Å². The summed E-state index contributed by atoms with van der Waals surface area (Å²) < 4.78 is 17.2. The number of nitrogen functional groups attached to an aromatic ring is 1. The fraction of sp³-hybridized carbons (Fsp3) is 0.107. The van der Waals surface area contributed by atoms with Crippen molar-refractivity contribution < 1.29 is 56.2 Å². The van der Waals surface area contributed by atoms with Crippen LogP contribution in [0.2, 0.25) is 0 Å². The second kappa shape index (κ2) is 26.1. The number of aromatic nitrogens is 2. The van der Waals surface area contributed by atoms with Gasteiger partial charge in [0.25, 0.3) is 5.91 Å². The van der Waals surface area contributed by atoms with Crippen LogP contribution >= 0.6 is 37.2 Å². The number of para-hydroxylation sites is 7. The van der Waals surface area contributed by atoms with E-state index < -0.39 is 5.97 Å². The third-order valence-electron chi connectivity index (χ3n) is 11.1. The van der Waals surface area contributed by atoms with Gasteiger partial charge in [0.1, 0.15) is 22.5 Å². The number of rotatable bonds is 6. The Bertz CT molecular complexity index is 3430. The van der Waals surface area contributed by atoms with Crippen LogP contribution in [0.25, 0.3) is 56.8 Å². The summed E-state index contributed by atoms with van der Waals surface area (Å²) in [6.07, 6.45) is 2.66. The van der Waals surface area contributed by atoms with E-state index in [0.29, 0.717) is 61.4 Å². The number of carboxylic acids is 1. The van der Waals surface area contributed by atoms with Crippen molar-refractivity contribution in [2.45, 2.75) is 34.6 Å². The van der Waals surface area contributed by atoms with Gasteiger partial charge in [-0.1, -0.05) is 87.6 Å². The van der Waals surface area contributed by atoms with Crippen LogP contribution in [-0.2, 0) is 27.2 Å². The van der Waals surface area contributed by atoms with Gasteiger partial charge in [0, 0.05) is 44.9 Å². The molecule has 74 heavy (non-hydrogen) atoms. The predicted octanol–water partition coefficient (Wildman–Crippen LogP) is 10.3. The van der Waals surface area contributed by atoms with Crippen LogP contribution in [0.5, 0.6) is 11.5 Å². The molecule has 0 saturated heterocycles. The van der Waals surface area contributed by atoms with Crippen molar-refractivity contribution in [1.29, 1.82) is 0 Å². The molecule has 5 heterocycles. The summed E-state index contributed by atoms with van der Waals surface area (Å²) in [6, 6.07) is 45.8. The van der Waals surface area contributed by atoms with Gasteiger partial charge in [0.2, 0.25) is 23.6 Å². The molecule has 0 spiro atoms. The summed E-state index contributed by atoms with van der Waals surface area (Å²) in [5.41, 5.74) is 17.1. The van der Waals surface area contributed by atoms with Crippen molar-refractivity contribution in [3.63, 3.8) is 0 Å². The van der Waals surface area contributed by atoms with Crippen LogP contribution in [0.15, 0.2) is 160 Å². The summed E-state index contributed by atoms with van der Waals surface area (Å²) in [4.78, 5) is 54.4. The number of phenolic OH excluding ortho intramolecular Hbond substituents is 1. The minimum absolute atomic E-state index is 0. The Morgan fingerprint density at radius 2 is 1.20 bits per heavy atom. The minimum Gasteiger partial charge on any atom is -0.506 e. The topological polar surface area (TPSA) is 232 Å². The molecule has 0 fully saturated rings. The van der Waals surface area contributed by atoms with E-state index in [1.807, 2.05) is 122 Å². The van der Waals surface area contributed by atoms with E-state index in [0.717, 1.165) is 72.7 Å². The molecule has 9 aromatic rings. The molecule has 7 N–H and O–H groups in total. The molecule has 2 aromatic heterocycles. The quantitative estimate of drug-likeness (QED) is 0.0395. The first kappa shape index (κ1) is 56.0. The molecule has 7 aromatic carbocycles. The Morgan fingerprint density at radius 3 is 1.76 bits per heavy atom. The number of nitrogens with two attached hydrogens (primary N) is 1. The number of benzene rings is 7. The van der Waals surface area contributed by atoms with Crippen molar-refractivity contribution in [2.24, 2.45) is 0 Å². The van der Waals surface area contributed by atoms with E-state index in [2.05, 4.69) is 63.2 Å². The Morgan fingerprint density at radius 1 is 0.689 bits per heavy atom. The number of ether oxygens (including phenoxy) is 1. The number of oxazole rings is 2. The monoisotopic (exact) mass is 1330 g/mol. The summed E-state index contributed by atoms with van der Waals surface area (Å²) in [5.74, 6) is 0.832. The SMILES string of the molecule is C.C.CCOc1ccccc1/C=C1/C(=O)Nc2cc(-c3nc4ccccc4o3)ccc21.I[I-]I.Nc1ccccc1O.O=C1Cc2ccc(-c3nc4ccccc4o3)cc2N1.O=C1Cc2ccc(C(=O)O)cc2N1. The smallest absolute Gasteiger partial charge is 0.335 e. The first-order valence-corrected chi connectivity index (χ1v) is 34.6. The van der Waals surface area contributed by atoms with Gasteiger partial charge in [-0.3, -0.25) is 14.4 Å². The number of anilines is 4. The zero-order valence-corrected chi connectivity index (χ0v) is 44.5. The van der Waals surface area contributed by atoms with Gasteiger partial charge in [-0.25, -0.2) is 14.8 Å². The number of halogens is 3. The van der Waals surface area contributed by atoms with Gasteiger partial charge < -0.3 is 45.5 Å². The molecular weight excluding hydrogens is 1280 g/mol. The number of aromatic carboxylic acids is 1. The third-order valence-corrected chi connectivity index (χ3v) is 11.1. The van der Waals surface area contributed by atoms with Crippen LogP contribution in [-0.4, -0.2) is 50.5 Å². The van der Waals surface area contributed by atoms with Crippen LogP contribution < -0.4 is 39.7 Å². The van der Waals surface area contributed by atoms with Gasteiger partial charge in [-0.05, 0) is 103 Å². The summed E-state index contributed by atoms with van der Waals surface area (Å²) in [6.45, 7) is 2.51. The molecule has 0 atom stereocenters. The van der Waals surface area contributed by atoms with Crippen LogP contribution in [0.1, 0.15) is 54.4 Å². The zero-order valence-electron chi connectivity index (χ0n) is 38.0. The van der Waals surface area contributed by atoms with E-state index in [1.54, 1.807) is 30.3 Å². The number of phenols is 1. The van der Waals surface area contributed by atoms with Crippen molar-refractivity contribution in [3.8, 4) is 34.4 Å². The second-order valence-electron chi connectivity index (χ2n) is 15.8. The second-order valence-corrected chi connectivity index (χ2v) is 32.1. The average molecular weight is 1330 g/mol. The molecule has 0 bridgehead atoms. The van der Waals surface area contributed by atoms with E-state index in [-0.39, 0.29) is 43.9 Å². The number of carbonyl (C=O) groups is 4. The number of hydrogen-bond donors (Lipinski definition) is 6. The molecule has 0 unspecified atom stereocenters. The fourth-order valence-corrected chi connectivity index (χ4v) is 7.69. The van der Waals surface area contributed by atoms with Crippen molar-refractivity contribution in [2.75, 3.05) is 28.3 Å². The first-order chi connectivity index (χ1) is 34.9. The van der Waals surface area contributed by atoms with Crippen molar-refractivity contribution in [3.05, 3.63) is 179 Å². The molecule has 18 heteroatoms. The Balaban J connectivity index is 0.000000171. The summed E-state index contributed by atoms with van der Waals surface area (Å²) in [5, 5.41) is 25.8. The number of hydrogen-bond acceptors (Lipinski definition) is 11. The number of carbonyl (C=O) groups excluding carboxylic acids is 3. The molecule has 0 aliphatic carbocycles. The first-order valence-electron chi connectivity index (χ1n) is 22.0. The zero-order chi connectivity index (χ0) is 50.7. The molecule has 3 amide bonds.